The van der Waals surface area contributed by atoms with Crippen LogP contribution >= 0.6 is 24.0 Å². The predicted molar refractivity (Wildman–Crippen MR) is 133 cm³/mol. The minimum absolute atomic E-state index is 0. The van der Waals surface area contributed by atoms with Gasteiger partial charge < -0.3 is 24.1 Å². The van der Waals surface area contributed by atoms with Crippen LogP contribution in [0.15, 0.2) is 27.6 Å². The van der Waals surface area contributed by atoms with Gasteiger partial charge in [0.1, 0.15) is 23.8 Å². The van der Waals surface area contributed by atoms with Gasteiger partial charge in [0.15, 0.2) is 5.96 Å². The van der Waals surface area contributed by atoms with Crippen molar-refractivity contribution in [3.8, 4) is 11.5 Å². The molecule has 0 atom stereocenters. The Kier molecular flexibility index (Phi) is 9.89. The molecule has 8 nitrogen and oxygen atoms in total. The number of hydrogen-bond donors (Lipinski definition) is 1. The Morgan fingerprint density at radius 1 is 1.16 bits per heavy atom. The highest BCUT2D eigenvalue weighted by atomic mass is 127. The number of aliphatic imine (C=N–C) groups is 1. The van der Waals surface area contributed by atoms with Crippen molar-refractivity contribution in [1.29, 1.82) is 0 Å². The molecule has 0 bridgehead atoms. The summed E-state index contributed by atoms with van der Waals surface area (Å²) in [6, 6.07) is 5.94. The van der Waals surface area contributed by atoms with Crippen LogP contribution in [0.25, 0.3) is 0 Å². The van der Waals surface area contributed by atoms with Crippen molar-refractivity contribution in [2.24, 2.45) is 4.99 Å². The van der Waals surface area contributed by atoms with Gasteiger partial charge in [0.2, 0.25) is 5.89 Å². The van der Waals surface area contributed by atoms with Crippen LogP contribution in [0.4, 0.5) is 0 Å². The smallest absolute Gasteiger partial charge is 0.216 e. The van der Waals surface area contributed by atoms with Crippen LogP contribution in [0.2, 0.25) is 0 Å². The zero-order chi connectivity index (χ0) is 21.5. The summed E-state index contributed by atoms with van der Waals surface area (Å²) in [7, 11) is 3.39. The molecular weight excluding hydrogens is 509 g/mol. The maximum atomic E-state index is 5.66. The molecule has 1 aromatic heterocycles. The molecule has 1 N–H and O–H groups in total. The molecular formula is C22H34IN5O3. The molecule has 3 rings (SSSR count). The number of nitrogens with one attached hydrogen (secondary N) is 1. The Morgan fingerprint density at radius 2 is 1.90 bits per heavy atom. The molecule has 0 amide bonds. The van der Waals surface area contributed by atoms with E-state index in [0.29, 0.717) is 12.4 Å². The van der Waals surface area contributed by atoms with E-state index >= 15 is 0 Å². The molecule has 1 aromatic carbocycles. The number of halogens is 1. The van der Waals surface area contributed by atoms with Crippen LogP contribution in [-0.2, 0) is 13.1 Å². The molecule has 1 aliphatic heterocycles. The van der Waals surface area contributed by atoms with Gasteiger partial charge in [-0.25, -0.2) is 9.98 Å². The van der Waals surface area contributed by atoms with Crippen LogP contribution in [0.1, 0.15) is 29.8 Å². The normalized spacial score (nSPS) is 14.9. The number of hydrogen-bond acceptors (Lipinski definition) is 6. The van der Waals surface area contributed by atoms with Gasteiger partial charge in [-0.05, 0) is 39.0 Å². The topological polar surface area (TPSA) is 75.4 Å². The third-order valence-corrected chi connectivity index (χ3v) is 5.33. The fraction of sp³-hybridized carbons (Fsp3) is 0.545. The SMILES string of the molecule is CCNC(=NCc1nc(C)c(C)o1)N1CCN(Cc2cc(OC)ccc2OC)CC1.I. The van der Waals surface area contributed by atoms with E-state index in [1.165, 1.54) is 0 Å². The number of benzene rings is 1. The lowest BCUT2D eigenvalue weighted by atomic mass is 10.1. The first-order valence-corrected chi connectivity index (χ1v) is 10.4. The van der Waals surface area contributed by atoms with Crippen molar-refractivity contribution >= 4 is 29.9 Å². The quantitative estimate of drug-likeness (QED) is 0.327. The first-order valence-electron chi connectivity index (χ1n) is 10.4. The average molecular weight is 543 g/mol. The van der Waals surface area contributed by atoms with Gasteiger partial charge in [0.05, 0.1) is 19.9 Å². The maximum absolute atomic E-state index is 5.66. The zero-order valence-corrected chi connectivity index (χ0v) is 21.4. The van der Waals surface area contributed by atoms with Crippen LogP contribution < -0.4 is 14.8 Å². The summed E-state index contributed by atoms with van der Waals surface area (Å²) >= 11 is 0. The summed E-state index contributed by atoms with van der Waals surface area (Å²) in [4.78, 5) is 13.9. The average Bonchev–Trinajstić information content (AvgIpc) is 3.09. The largest absolute Gasteiger partial charge is 0.497 e. The van der Waals surface area contributed by atoms with Crippen LogP contribution in [0.3, 0.4) is 0 Å². The number of aryl methyl sites for hydroxylation is 2. The minimum Gasteiger partial charge on any atom is -0.497 e. The van der Waals surface area contributed by atoms with Gasteiger partial charge in [-0.2, -0.15) is 0 Å². The molecule has 0 aliphatic carbocycles. The highest BCUT2D eigenvalue weighted by Gasteiger charge is 2.21. The van der Waals surface area contributed by atoms with Crippen molar-refractivity contribution in [2.75, 3.05) is 46.9 Å². The lowest BCUT2D eigenvalue weighted by Crippen LogP contribution is -2.52. The molecule has 9 heteroatoms. The van der Waals surface area contributed by atoms with Gasteiger partial charge in [0.25, 0.3) is 0 Å². The number of nitrogens with zero attached hydrogens (tertiary/aromatic N) is 4. The number of ether oxygens (including phenoxy) is 2. The monoisotopic (exact) mass is 543 g/mol. The molecule has 31 heavy (non-hydrogen) atoms. The van der Waals surface area contributed by atoms with E-state index in [-0.39, 0.29) is 24.0 Å². The van der Waals surface area contributed by atoms with Gasteiger partial charge in [-0.15, -0.1) is 24.0 Å². The number of rotatable bonds is 7. The van der Waals surface area contributed by atoms with Crippen molar-refractivity contribution < 1.29 is 13.9 Å². The molecule has 0 saturated carbocycles. The third kappa shape index (κ3) is 6.73. The van der Waals surface area contributed by atoms with E-state index in [4.69, 9.17) is 18.9 Å². The third-order valence-electron chi connectivity index (χ3n) is 5.33. The minimum atomic E-state index is 0. The number of aromatic nitrogens is 1. The van der Waals surface area contributed by atoms with Crippen molar-refractivity contribution in [3.63, 3.8) is 0 Å². The summed E-state index contributed by atoms with van der Waals surface area (Å²) in [6.07, 6.45) is 0. The summed E-state index contributed by atoms with van der Waals surface area (Å²) in [6.45, 7) is 11.8. The van der Waals surface area contributed by atoms with E-state index in [1.807, 2.05) is 26.0 Å². The Bertz CT molecular complexity index is 843. The van der Waals surface area contributed by atoms with Crippen LogP contribution in [0.5, 0.6) is 11.5 Å². The Labute approximate surface area is 202 Å². The highest BCUT2D eigenvalue weighted by Crippen LogP contribution is 2.25. The fourth-order valence-electron chi connectivity index (χ4n) is 3.54. The second-order valence-corrected chi connectivity index (χ2v) is 7.36. The van der Waals surface area contributed by atoms with E-state index < -0.39 is 0 Å². The van der Waals surface area contributed by atoms with E-state index in [1.54, 1.807) is 14.2 Å². The molecule has 0 unspecified atom stereocenters. The second-order valence-electron chi connectivity index (χ2n) is 7.36. The lowest BCUT2D eigenvalue weighted by Gasteiger charge is -2.36. The molecule has 1 aliphatic rings. The number of piperazine rings is 1. The first-order chi connectivity index (χ1) is 14.5. The molecule has 1 saturated heterocycles. The van der Waals surface area contributed by atoms with Gasteiger partial charge in [0, 0.05) is 44.8 Å². The summed E-state index contributed by atoms with van der Waals surface area (Å²) in [5, 5.41) is 3.39. The van der Waals surface area contributed by atoms with Crippen molar-refractivity contribution in [1.82, 2.24) is 20.1 Å². The zero-order valence-electron chi connectivity index (χ0n) is 19.1. The van der Waals surface area contributed by atoms with E-state index in [0.717, 1.165) is 73.7 Å². The molecule has 0 spiro atoms. The maximum Gasteiger partial charge on any atom is 0.216 e. The Hall–Kier alpha value is -2.01. The van der Waals surface area contributed by atoms with E-state index in [2.05, 4.69) is 33.1 Å². The number of oxazole rings is 1. The van der Waals surface area contributed by atoms with Crippen molar-refractivity contribution in [3.05, 3.63) is 41.1 Å². The first kappa shape index (κ1) is 25.3. The second kappa shape index (κ2) is 12.1. The van der Waals surface area contributed by atoms with Crippen molar-refractivity contribution in [2.45, 2.75) is 33.9 Å². The lowest BCUT2D eigenvalue weighted by molar-refractivity contribution is 0.171. The van der Waals surface area contributed by atoms with Gasteiger partial charge >= 0.3 is 0 Å². The van der Waals surface area contributed by atoms with Crippen LogP contribution in [-0.4, -0.2) is 67.7 Å². The number of methoxy groups -OCH3 is 2. The number of guanidine groups is 1. The van der Waals surface area contributed by atoms with Gasteiger partial charge in [-0.1, -0.05) is 0 Å². The van der Waals surface area contributed by atoms with Crippen LogP contribution in [0, 0.1) is 13.8 Å². The fourth-order valence-corrected chi connectivity index (χ4v) is 3.54. The predicted octanol–water partition coefficient (Wildman–Crippen LogP) is 3.21. The highest BCUT2D eigenvalue weighted by molar-refractivity contribution is 14.0. The summed E-state index contributed by atoms with van der Waals surface area (Å²) < 4.78 is 16.6. The molecule has 1 fully saturated rings. The molecule has 0 radical (unpaired) electrons. The summed E-state index contributed by atoms with van der Waals surface area (Å²) in [5.74, 6) is 4.16. The Balaban J connectivity index is 0.00000341. The van der Waals surface area contributed by atoms with E-state index in [9.17, 15) is 0 Å². The standard InChI is InChI=1S/C22H33N5O3.HI/c1-6-23-22(24-14-21-25-16(2)17(3)30-21)27-11-9-26(10-12-27)15-18-13-19(28-4)7-8-20(18)29-5;/h7-8,13H,6,9-12,14-15H2,1-5H3,(H,23,24);1H. The summed E-state index contributed by atoms with van der Waals surface area (Å²) in [5.41, 5.74) is 2.06. The Morgan fingerprint density at radius 3 is 2.48 bits per heavy atom. The molecule has 2 aromatic rings. The molecule has 172 valence electrons. The van der Waals surface area contributed by atoms with Gasteiger partial charge in [-0.3, -0.25) is 4.90 Å². The molecule has 2 heterocycles.